The fourth-order valence-electron chi connectivity index (χ4n) is 3.48. The van der Waals surface area contributed by atoms with Gasteiger partial charge >= 0.3 is 5.69 Å². The number of imidazole rings is 1. The lowest BCUT2D eigenvalue weighted by Gasteiger charge is -2.28. The number of piperazine rings is 1. The zero-order valence-electron chi connectivity index (χ0n) is 16.3. The molecule has 4 rings (SSSR count). The number of halogens is 1. The zero-order chi connectivity index (χ0) is 20.4. The van der Waals surface area contributed by atoms with Crippen LogP contribution in [0, 0.1) is 11.8 Å². The second-order valence-electron chi connectivity index (χ2n) is 6.55. The predicted octanol–water partition coefficient (Wildman–Crippen LogP) is 1.68. The highest BCUT2D eigenvalue weighted by Crippen LogP contribution is 2.27. The van der Waals surface area contributed by atoms with Crippen LogP contribution in [0.4, 0.5) is 5.82 Å². The number of hydrogen-bond donors (Lipinski definition) is 1. The first-order valence-electron chi connectivity index (χ1n) is 9.32. The lowest BCUT2D eigenvalue weighted by atomic mass is 10.3. The maximum absolute atomic E-state index is 13.4. The molecular weight excluding hydrogens is 392 g/mol. The Morgan fingerprint density at radius 1 is 1.21 bits per heavy atom. The van der Waals surface area contributed by atoms with Crippen LogP contribution in [0.15, 0.2) is 29.1 Å². The van der Waals surface area contributed by atoms with E-state index < -0.39 is 0 Å². The van der Waals surface area contributed by atoms with Crippen molar-refractivity contribution in [2.24, 2.45) is 0 Å². The summed E-state index contributed by atoms with van der Waals surface area (Å²) in [4.78, 5) is 24.4. The van der Waals surface area contributed by atoms with Gasteiger partial charge in [-0.25, -0.2) is 9.36 Å². The van der Waals surface area contributed by atoms with E-state index in [1.807, 2.05) is 12.1 Å². The van der Waals surface area contributed by atoms with Crippen molar-refractivity contribution in [1.82, 2.24) is 24.4 Å². The molecule has 8 nitrogen and oxygen atoms in total. The first-order valence-corrected chi connectivity index (χ1v) is 9.70. The lowest BCUT2D eigenvalue weighted by Crippen LogP contribution is -2.44. The second-order valence-corrected chi connectivity index (χ2v) is 6.89. The van der Waals surface area contributed by atoms with Gasteiger partial charge in [-0.3, -0.25) is 4.57 Å². The quantitative estimate of drug-likeness (QED) is 0.519. The van der Waals surface area contributed by atoms with Gasteiger partial charge in [0.1, 0.15) is 11.3 Å². The molecular formula is C20H21ClN6O2. The molecule has 1 aromatic carbocycles. The molecule has 0 bridgehead atoms. The Morgan fingerprint density at radius 3 is 2.59 bits per heavy atom. The molecule has 0 spiro atoms. The van der Waals surface area contributed by atoms with E-state index in [-0.39, 0.29) is 17.5 Å². The minimum atomic E-state index is -0.235. The molecule has 0 amide bonds. The van der Waals surface area contributed by atoms with E-state index >= 15 is 0 Å². The molecule has 29 heavy (non-hydrogen) atoms. The first kappa shape index (κ1) is 19.3. The second kappa shape index (κ2) is 8.15. The van der Waals surface area contributed by atoms with Crippen molar-refractivity contribution in [3.8, 4) is 23.3 Å². The van der Waals surface area contributed by atoms with Crippen molar-refractivity contribution in [2.75, 3.05) is 38.2 Å². The molecule has 1 N–H and O–H groups in total. The minimum Gasteiger partial charge on any atom is -0.497 e. The number of rotatable bonds is 4. The van der Waals surface area contributed by atoms with Crippen LogP contribution in [-0.2, 0) is 6.54 Å². The fraction of sp³-hybridized carbons (Fsp3) is 0.350. The number of ether oxygens (including phenoxy) is 1. The summed E-state index contributed by atoms with van der Waals surface area (Å²) in [7, 11) is 1.60. The molecule has 150 valence electrons. The van der Waals surface area contributed by atoms with Gasteiger partial charge in [-0.1, -0.05) is 5.92 Å². The highest BCUT2D eigenvalue weighted by molar-refractivity contribution is 6.28. The Morgan fingerprint density at radius 2 is 1.93 bits per heavy atom. The van der Waals surface area contributed by atoms with Crippen LogP contribution in [0.3, 0.4) is 0 Å². The van der Waals surface area contributed by atoms with Gasteiger partial charge in [0.25, 0.3) is 0 Å². The van der Waals surface area contributed by atoms with Gasteiger partial charge in [0.15, 0.2) is 11.5 Å². The average Bonchev–Trinajstić information content (AvgIpc) is 3.03. The van der Waals surface area contributed by atoms with Crippen molar-refractivity contribution in [2.45, 2.75) is 13.5 Å². The molecule has 3 heterocycles. The summed E-state index contributed by atoms with van der Waals surface area (Å²) in [6.07, 6.45) is 0. The van der Waals surface area contributed by atoms with Gasteiger partial charge in [0.05, 0.1) is 19.3 Å². The standard InChI is InChI=1S/C20H21ClN6O2/c1-3-4-11-26-16-17(25-12-9-22-10-13-25)23-19(21)24-18(16)27(20(26)28)14-5-7-15(29-2)8-6-14/h5-8,22H,9-13H2,1-2H3. The van der Waals surface area contributed by atoms with Crippen LogP contribution >= 0.6 is 11.6 Å². The van der Waals surface area contributed by atoms with E-state index in [1.165, 1.54) is 0 Å². The SMILES string of the molecule is CC#CCn1c(=O)n(-c2ccc(OC)cc2)c2nc(Cl)nc(N3CCNCC3)c21. The monoisotopic (exact) mass is 412 g/mol. The van der Waals surface area contributed by atoms with E-state index in [0.717, 1.165) is 26.2 Å². The summed E-state index contributed by atoms with van der Waals surface area (Å²) in [6.45, 7) is 5.20. The molecule has 1 aliphatic rings. The van der Waals surface area contributed by atoms with Crippen LogP contribution in [0.2, 0.25) is 5.28 Å². The Labute approximate surface area is 173 Å². The molecule has 9 heteroatoms. The predicted molar refractivity (Wildman–Crippen MR) is 113 cm³/mol. The van der Waals surface area contributed by atoms with Gasteiger partial charge in [-0.2, -0.15) is 9.97 Å². The van der Waals surface area contributed by atoms with E-state index in [9.17, 15) is 4.79 Å². The summed E-state index contributed by atoms with van der Waals surface area (Å²) in [6, 6.07) is 7.24. The molecule has 2 aromatic heterocycles. The van der Waals surface area contributed by atoms with Crippen molar-refractivity contribution >= 4 is 28.6 Å². The van der Waals surface area contributed by atoms with Gasteiger partial charge in [0, 0.05) is 26.2 Å². The zero-order valence-corrected chi connectivity index (χ0v) is 17.0. The van der Waals surface area contributed by atoms with Crippen molar-refractivity contribution in [3.05, 3.63) is 40.0 Å². The molecule has 1 aliphatic heterocycles. The van der Waals surface area contributed by atoms with Gasteiger partial charge in [-0.15, -0.1) is 5.92 Å². The molecule has 1 fully saturated rings. The average molecular weight is 413 g/mol. The van der Waals surface area contributed by atoms with Crippen molar-refractivity contribution in [3.63, 3.8) is 0 Å². The van der Waals surface area contributed by atoms with E-state index in [0.29, 0.717) is 28.4 Å². The van der Waals surface area contributed by atoms with Crippen LogP contribution in [0.25, 0.3) is 16.9 Å². The topological polar surface area (TPSA) is 77.2 Å². The highest BCUT2D eigenvalue weighted by Gasteiger charge is 2.24. The Bertz CT molecular complexity index is 1150. The third kappa shape index (κ3) is 3.55. The van der Waals surface area contributed by atoms with Crippen LogP contribution in [0.5, 0.6) is 5.75 Å². The number of fused-ring (bicyclic) bond motifs is 1. The van der Waals surface area contributed by atoms with Crippen molar-refractivity contribution in [1.29, 1.82) is 0 Å². The summed E-state index contributed by atoms with van der Waals surface area (Å²) >= 11 is 6.28. The maximum Gasteiger partial charge on any atom is 0.335 e. The Kier molecular flexibility index (Phi) is 5.43. The minimum absolute atomic E-state index is 0.104. The largest absolute Gasteiger partial charge is 0.497 e. The summed E-state index contributed by atoms with van der Waals surface area (Å²) in [5.74, 6) is 7.20. The molecule has 0 unspecified atom stereocenters. The Hall–Kier alpha value is -3.02. The number of benzene rings is 1. The number of aromatic nitrogens is 4. The summed E-state index contributed by atoms with van der Waals surface area (Å²) < 4.78 is 8.39. The van der Waals surface area contributed by atoms with E-state index in [2.05, 4.69) is 32.0 Å². The lowest BCUT2D eigenvalue weighted by molar-refractivity contribution is 0.414. The third-order valence-corrected chi connectivity index (χ3v) is 5.05. The fourth-order valence-corrected chi connectivity index (χ4v) is 3.64. The van der Waals surface area contributed by atoms with E-state index in [4.69, 9.17) is 16.3 Å². The number of hydrogen-bond acceptors (Lipinski definition) is 6. The van der Waals surface area contributed by atoms with Crippen LogP contribution in [0.1, 0.15) is 6.92 Å². The number of nitrogens with one attached hydrogen (secondary N) is 1. The first-order chi connectivity index (χ1) is 14.1. The molecule has 0 radical (unpaired) electrons. The normalized spacial score (nSPS) is 14.0. The summed E-state index contributed by atoms with van der Waals surface area (Å²) in [5.41, 5.74) is 1.54. The molecule has 0 saturated carbocycles. The maximum atomic E-state index is 13.4. The Balaban J connectivity index is 2.00. The highest BCUT2D eigenvalue weighted by atomic mass is 35.5. The summed E-state index contributed by atoms with van der Waals surface area (Å²) in [5, 5.41) is 3.43. The van der Waals surface area contributed by atoms with Crippen molar-refractivity contribution < 1.29 is 4.74 Å². The molecule has 0 atom stereocenters. The van der Waals surface area contributed by atoms with Crippen LogP contribution in [-0.4, -0.2) is 52.4 Å². The molecule has 3 aromatic rings. The smallest absolute Gasteiger partial charge is 0.335 e. The van der Waals surface area contributed by atoms with Gasteiger partial charge in [0.2, 0.25) is 5.28 Å². The van der Waals surface area contributed by atoms with Gasteiger partial charge in [-0.05, 0) is 42.8 Å². The number of nitrogens with zero attached hydrogens (tertiary/aromatic N) is 5. The molecule has 0 aliphatic carbocycles. The number of anilines is 1. The number of methoxy groups -OCH3 is 1. The third-order valence-electron chi connectivity index (χ3n) is 4.88. The van der Waals surface area contributed by atoms with E-state index in [1.54, 1.807) is 35.3 Å². The van der Waals surface area contributed by atoms with Gasteiger partial charge < -0.3 is 15.0 Å². The molecule has 1 saturated heterocycles. The van der Waals surface area contributed by atoms with Crippen LogP contribution < -0.4 is 20.6 Å².